The quantitative estimate of drug-likeness (QED) is 0.828. The van der Waals surface area contributed by atoms with E-state index in [-0.39, 0.29) is 11.1 Å². The van der Waals surface area contributed by atoms with E-state index in [2.05, 4.69) is 28.9 Å². The standard InChI is InChI=1S/C13H21N3O2S/c1-10(2)14-8-11-6-7-13(15-9-11)19(17,18)16-12-4-3-5-12/h6-7,9-10,12,14,16H,3-5,8H2,1-2H3. The van der Waals surface area contributed by atoms with Crippen LogP contribution in [0.1, 0.15) is 38.7 Å². The van der Waals surface area contributed by atoms with Gasteiger partial charge in [-0.2, -0.15) is 0 Å². The van der Waals surface area contributed by atoms with Crippen molar-refractivity contribution < 1.29 is 8.42 Å². The highest BCUT2D eigenvalue weighted by Gasteiger charge is 2.25. The zero-order valence-corrected chi connectivity index (χ0v) is 12.2. The van der Waals surface area contributed by atoms with Crippen molar-refractivity contribution >= 4 is 10.0 Å². The van der Waals surface area contributed by atoms with E-state index in [1.807, 2.05) is 0 Å². The Morgan fingerprint density at radius 2 is 2.11 bits per heavy atom. The third-order valence-electron chi connectivity index (χ3n) is 3.21. The van der Waals surface area contributed by atoms with E-state index < -0.39 is 10.0 Å². The second kappa shape index (κ2) is 5.98. The molecule has 19 heavy (non-hydrogen) atoms. The minimum absolute atomic E-state index is 0.0917. The summed E-state index contributed by atoms with van der Waals surface area (Å²) in [6, 6.07) is 3.86. The Kier molecular flexibility index (Phi) is 4.54. The molecular formula is C13H21N3O2S. The van der Waals surface area contributed by atoms with Crippen molar-refractivity contribution in [3.63, 3.8) is 0 Å². The molecule has 1 aliphatic rings. The first-order chi connectivity index (χ1) is 8.97. The maximum atomic E-state index is 12.0. The fourth-order valence-corrected chi connectivity index (χ4v) is 3.04. The zero-order valence-electron chi connectivity index (χ0n) is 11.4. The molecule has 0 spiro atoms. The molecule has 2 rings (SSSR count). The monoisotopic (exact) mass is 283 g/mol. The van der Waals surface area contributed by atoms with Crippen LogP contribution in [0.2, 0.25) is 0 Å². The molecule has 0 atom stereocenters. The molecule has 0 radical (unpaired) electrons. The third kappa shape index (κ3) is 3.99. The van der Waals surface area contributed by atoms with E-state index in [4.69, 9.17) is 0 Å². The van der Waals surface area contributed by atoms with Crippen LogP contribution >= 0.6 is 0 Å². The minimum atomic E-state index is -3.45. The second-order valence-corrected chi connectivity index (χ2v) is 6.95. The van der Waals surface area contributed by atoms with Crippen molar-refractivity contribution in [3.8, 4) is 0 Å². The molecule has 1 heterocycles. The molecule has 1 fully saturated rings. The molecule has 1 saturated carbocycles. The van der Waals surface area contributed by atoms with Crippen molar-refractivity contribution in [2.45, 2.75) is 56.8 Å². The first kappa shape index (κ1) is 14.4. The molecule has 0 aromatic carbocycles. The van der Waals surface area contributed by atoms with Gasteiger partial charge in [-0.05, 0) is 24.5 Å². The summed E-state index contributed by atoms with van der Waals surface area (Å²) in [5.41, 5.74) is 0.983. The molecule has 6 heteroatoms. The van der Waals surface area contributed by atoms with Crippen molar-refractivity contribution in [2.75, 3.05) is 0 Å². The highest BCUT2D eigenvalue weighted by Crippen LogP contribution is 2.20. The van der Waals surface area contributed by atoms with Gasteiger partial charge >= 0.3 is 0 Å². The third-order valence-corrected chi connectivity index (χ3v) is 4.65. The number of hydrogen-bond donors (Lipinski definition) is 2. The lowest BCUT2D eigenvalue weighted by Crippen LogP contribution is -2.39. The van der Waals surface area contributed by atoms with E-state index in [9.17, 15) is 8.42 Å². The summed E-state index contributed by atoms with van der Waals surface area (Å²) >= 11 is 0. The molecular weight excluding hydrogens is 262 g/mol. The molecule has 0 bridgehead atoms. The highest BCUT2D eigenvalue weighted by molar-refractivity contribution is 7.89. The number of pyridine rings is 1. The molecule has 0 saturated heterocycles. The smallest absolute Gasteiger partial charge is 0.258 e. The molecule has 1 aliphatic carbocycles. The lowest BCUT2D eigenvalue weighted by Gasteiger charge is -2.25. The van der Waals surface area contributed by atoms with E-state index in [0.717, 1.165) is 24.8 Å². The van der Waals surface area contributed by atoms with E-state index in [1.54, 1.807) is 18.3 Å². The predicted molar refractivity (Wildman–Crippen MR) is 74.2 cm³/mol. The highest BCUT2D eigenvalue weighted by atomic mass is 32.2. The zero-order chi connectivity index (χ0) is 13.9. The van der Waals surface area contributed by atoms with Crippen LogP contribution in [0.3, 0.4) is 0 Å². The van der Waals surface area contributed by atoms with Gasteiger partial charge in [-0.25, -0.2) is 18.1 Å². The van der Waals surface area contributed by atoms with Gasteiger partial charge in [-0.3, -0.25) is 0 Å². The van der Waals surface area contributed by atoms with Crippen molar-refractivity contribution in [1.29, 1.82) is 0 Å². The first-order valence-electron chi connectivity index (χ1n) is 6.68. The normalized spacial score (nSPS) is 16.6. The minimum Gasteiger partial charge on any atom is -0.310 e. The molecule has 1 aromatic heterocycles. The molecule has 1 aromatic rings. The van der Waals surface area contributed by atoms with Gasteiger partial charge in [-0.15, -0.1) is 0 Å². The van der Waals surface area contributed by atoms with Gasteiger partial charge in [0.05, 0.1) is 0 Å². The Morgan fingerprint density at radius 1 is 1.37 bits per heavy atom. The summed E-state index contributed by atoms with van der Waals surface area (Å²) in [6.45, 7) is 4.82. The molecule has 0 aliphatic heterocycles. The first-order valence-corrected chi connectivity index (χ1v) is 8.16. The molecule has 0 unspecified atom stereocenters. The van der Waals surface area contributed by atoms with Crippen LogP contribution in [-0.2, 0) is 16.6 Å². The summed E-state index contributed by atoms with van der Waals surface area (Å²) in [4.78, 5) is 4.05. The van der Waals surface area contributed by atoms with Crippen LogP contribution in [0.25, 0.3) is 0 Å². The molecule has 5 nitrogen and oxygen atoms in total. The Balaban J connectivity index is 2.00. The Hall–Kier alpha value is -0.980. The van der Waals surface area contributed by atoms with Crippen LogP contribution in [0.15, 0.2) is 23.4 Å². The Morgan fingerprint density at radius 3 is 2.58 bits per heavy atom. The van der Waals surface area contributed by atoms with Gasteiger partial charge in [0, 0.05) is 24.8 Å². The van der Waals surface area contributed by atoms with Crippen LogP contribution in [0.4, 0.5) is 0 Å². The summed E-state index contributed by atoms with van der Waals surface area (Å²) in [6.07, 6.45) is 4.57. The maximum Gasteiger partial charge on any atom is 0.258 e. The van der Waals surface area contributed by atoms with Crippen LogP contribution in [0, 0.1) is 0 Å². The maximum absolute atomic E-state index is 12.0. The largest absolute Gasteiger partial charge is 0.310 e. The number of aromatic nitrogens is 1. The fourth-order valence-electron chi connectivity index (χ4n) is 1.80. The molecule has 2 N–H and O–H groups in total. The van der Waals surface area contributed by atoms with Gasteiger partial charge in [0.15, 0.2) is 5.03 Å². The average molecular weight is 283 g/mol. The number of nitrogens with one attached hydrogen (secondary N) is 2. The topological polar surface area (TPSA) is 71.1 Å². The van der Waals surface area contributed by atoms with Crippen molar-refractivity contribution in [1.82, 2.24) is 15.0 Å². The van der Waals surface area contributed by atoms with Crippen molar-refractivity contribution in [2.24, 2.45) is 0 Å². The van der Waals surface area contributed by atoms with Gasteiger partial charge < -0.3 is 5.32 Å². The molecule has 0 amide bonds. The van der Waals surface area contributed by atoms with Gasteiger partial charge in [0.1, 0.15) is 0 Å². The Labute approximate surface area is 114 Å². The van der Waals surface area contributed by atoms with E-state index in [0.29, 0.717) is 12.6 Å². The van der Waals surface area contributed by atoms with Crippen LogP contribution in [-0.4, -0.2) is 25.5 Å². The van der Waals surface area contributed by atoms with Crippen LogP contribution in [0.5, 0.6) is 0 Å². The fraction of sp³-hybridized carbons (Fsp3) is 0.615. The Bertz CT molecular complexity index is 507. The van der Waals surface area contributed by atoms with Crippen LogP contribution < -0.4 is 10.0 Å². The average Bonchev–Trinajstić information content (AvgIpc) is 2.32. The number of sulfonamides is 1. The van der Waals surface area contributed by atoms with E-state index >= 15 is 0 Å². The second-order valence-electron chi connectivity index (χ2n) is 5.29. The lowest BCUT2D eigenvalue weighted by atomic mass is 9.94. The lowest BCUT2D eigenvalue weighted by molar-refractivity contribution is 0.383. The number of hydrogen-bond acceptors (Lipinski definition) is 4. The molecule has 106 valence electrons. The van der Waals surface area contributed by atoms with Crippen molar-refractivity contribution in [3.05, 3.63) is 23.9 Å². The summed E-state index contributed by atoms with van der Waals surface area (Å²) < 4.78 is 26.7. The number of nitrogens with zero attached hydrogens (tertiary/aromatic N) is 1. The van der Waals surface area contributed by atoms with Gasteiger partial charge in [0.2, 0.25) is 0 Å². The predicted octanol–water partition coefficient (Wildman–Crippen LogP) is 1.41. The van der Waals surface area contributed by atoms with E-state index in [1.165, 1.54) is 0 Å². The van der Waals surface area contributed by atoms with Gasteiger partial charge in [-0.1, -0.05) is 26.3 Å². The summed E-state index contributed by atoms with van der Waals surface area (Å²) in [7, 11) is -3.45. The van der Waals surface area contributed by atoms with Gasteiger partial charge in [0.25, 0.3) is 10.0 Å². The number of rotatable bonds is 6. The summed E-state index contributed by atoms with van der Waals surface area (Å²) in [5, 5.41) is 3.37. The summed E-state index contributed by atoms with van der Waals surface area (Å²) in [5.74, 6) is 0. The SMILES string of the molecule is CC(C)NCc1ccc(S(=O)(=O)NC2CCC2)nc1.